The zero-order chi connectivity index (χ0) is 45.3. The van der Waals surface area contributed by atoms with Gasteiger partial charge in [-0.1, -0.05) is 44.5 Å². The Morgan fingerprint density at radius 2 is 1.61 bits per heavy atom. The number of fused-ring (bicyclic) bond motifs is 1. The summed E-state index contributed by atoms with van der Waals surface area (Å²) in [6.45, 7) is 14.2. The van der Waals surface area contributed by atoms with Crippen LogP contribution in [0.3, 0.4) is 0 Å². The van der Waals surface area contributed by atoms with Gasteiger partial charge in [-0.15, -0.1) is 5.10 Å². The van der Waals surface area contributed by atoms with Crippen molar-refractivity contribution in [1.82, 2.24) is 35.4 Å². The number of amides is 4. The summed E-state index contributed by atoms with van der Waals surface area (Å²) in [4.78, 5) is 70.5. The van der Waals surface area contributed by atoms with Crippen LogP contribution in [0.4, 0.5) is 5.69 Å². The molecule has 3 aromatic carbocycles. The Kier molecular flexibility index (Phi) is 12.7. The fourth-order valence-electron chi connectivity index (χ4n) is 10.2. The summed E-state index contributed by atoms with van der Waals surface area (Å²) < 4.78 is 13.2. The highest BCUT2D eigenvalue weighted by molar-refractivity contribution is 6.31. The molecule has 336 valence electrons. The lowest BCUT2D eigenvalue weighted by Gasteiger charge is -2.63. The summed E-state index contributed by atoms with van der Waals surface area (Å²) in [5.74, 6) is 0.250. The Morgan fingerprint density at radius 3 is 2.28 bits per heavy atom. The molecule has 4 fully saturated rings. The number of nitrogens with zero attached hydrogens (tertiary/aromatic N) is 7. The minimum atomic E-state index is -0.929. The van der Waals surface area contributed by atoms with Crippen LogP contribution in [-0.4, -0.2) is 113 Å². The number of rotatable bonds is 12. The zero-order valence-corrected chi connectivity index (χ0v) is 37.4. The van der Waals surface area contributed by atoms with E-state index in [1.165, 1.54) is 6.07 Å². The van der Waals surface area contributed by atoms with Crippen LogP contribution in [0.1, 0.15) is 81.8 Å². The number of carbonyl (C=O) groups is 4. The van der Waals surface area contributed by atoms with E-state index in [0.717, 1.165) is 62.4 Å². The van der Waals surface area contributed by atoms with Crippen LogP contribution in [0, 0.1) is 28.1 Å². The van der Waals surface area contributed by atoms with Crippen LogP contribution in [-0.2, 0) is 14.4 Å². The standard InChI is InChI=1S/C47H54ClN9O7/c1-46(2)44(47(3,4)45(46)64-34-10-7-31(27-49)36(48)26-34)51-41(60)30-5-8-32(9-6-30)55-23-21-54(22-24-55)18-15-29-16-19-56(20-17-29)40(59)28-63-33-11-12-37-35(25-33)43(62)57(53-52-37)38-13-14-39(58)50-42(38)61/h5-12,25-26,29,38,44-45H,13-24,28H2,1-4H3,(H,51,60)(H,50,58,61)/t38?,44-,45-. The SMILES string of the molecule is CC1(C)[C@H](NC(=O)c2ccc(N3CCN(CCC4CCN(C(=O)COc5ccc6nnn(C7CCC(=O)NC7=O)c(=O)c6c5)CC4)CC3)cc2)C(C)(C)[C@H]1Oc1ccc(C#N)c(Cl)c1. The van der Waals surface area contributed by atoms with Crippen LogP contribution in [0.25, 0.3) is 10.9 Å². The van der Waals surface area contributed by atoms with Gasteiger partial charge in [0, 0.05) is 79.9 Å². The minimum absolute atomic E-state index is 0.103. The van der Waals surface area contributed by atoms with Gasteiger partial charge >= 0.3 is 0 Å². The monoisotopic (exact) mass is 891 g/mol. The van der Waals surface area contributed by atoms with Crippen LogP contribution < -0.4 is 30.6 Å². The molecular formula is C47H54ClN9O7. The highest BCUT2D eigenvalue weighted by Crippen LogP contribution is 2.55. The summed E-state index contributed by atoms with van der Waals surface area (Å²) in [5.41, 5.74) is 1.20. The number of halogens is 1. The fourth-order valence-corrected chi connectivity index (χ4v) is 10.4. The minimum Gasteiger partial charge on any atom is -0.489 e. The largest absolute Gasteiger partial charge is 0.489 e. The number of piperidine rings is 2. The number of hydrogen-bond acceptors (Lipinski definition) is 12. The van der Waals surface area contributed by atoms with Gasteiger partial charge in [-0.2, -0.15) is 9.94 Å². The van der Waals surface area contributed by atoms with Crippen LogP contribution >= 0.6 is 11.6 Å². The molecule has 16 nitrogen and oxygen atoms in total. The van der Waals surface area contributed by atoms with Gasteiger partial charge in [0.1, 0.15) is 35.2 Å². The van der Waals surface area contributed by atoms with E-state index in [1.54, 1.807) is 30.3 Å². The molecule has 1 saturated carbocycles. The van der Waals surface area contributed by atoms with E-state index in [4.69, 9.17) is 21.1 Å². The Labute approximate surface area is 376 Å². The molecule has 17 heteroatoms. The molecule has 1 aliphatic carbocycles. The second-order valence-electron chi connectivity index (χ2n) is 18.6. The van der Waals surface area contributed by atoms with Crippen molar-refractivity contribution in [3.05, 3.63) is 87.2 Å². The molecule has 3 saturated heterocycles. The lowest BCUT2D eigenvalue weighted by atomic mass is 9.49. The number of piperazine rings is 1. The first kappa shape index (κ1) is 44.6. The predicted molar refractivity (Wildman–Crippen MR) is 239 cm³/mol. The van der Waals surface area contributed by atoms with Crippen molar-refractivity contribution in [2.75, 3.05) is 57.3 Å². The van der Waals surface area contributed by atoms with E-state index >= 15 is 0 Å². The number of aromatic nitrogens is 3. The van der Waals surface area contributed by atoms with E-state index in [-0.39, 0.29) is 65.5 Å². The van der Waals surface area contributed by atoms with Crippen molar-refractivity contribution in [3.8, 4) is 17.6 Å². The maximum atomic E-state index is 13.5. The molecule has 2 N–H and O–H groups in total. The zero-order valence-electron chi connectivity index (χ0n) is 36.6. The van der Waals surface area contributed by atoms with Gasteiger partial charge in [0.2, 0.25) is 5.91 Å². The van der Waals surface area contributed by atoms with Gasteiger partial charge < -0.3 is 24.6 Å². The second kappa shape index (κ2) is 18.2. The van der Waals surface area contributed by atoms with E-state index < -0.39 is 17.5 Å². The molecule has 4 heterocycles. The molecule has 3 aliphatic heterocycles. The Balaban J connectivity index is 0.744. The Hall–Kier alpha value is -6.05. The average molecular weight is 892 g/mol. The highest BCUT2D eigenvalue weighted by Gasteiger charge is 2.64. The molecule has 4 amide bonds. The van der Waals surface area contributed by atoms with E-state index in [1.807, 2.05) is 29.2 Å². The number of nitrogens with one attached hydrogen (secondary N) is 2. The molecule has 1 unspecified atom stereocenters. The predicted octanol–water partition coefficient (Wildman–Crippen LogP) is 4.74. The molecular weight excluding hydrogens is 838 g/mol. The van der Waals surface area contributed by atoms with Crippen LogP contribution in [0.2, 0.25) is 5.02 Å². The normalized spacial score (nSPS) is 22.3. The molecule has 0 spiro atoms. The van der Waals surface area contributed by atoms with Crippen molar-refractivity contribution >= 4 is 51.8 Å². The van der Waals surface area contributed by atoms with Crippen LogP contribution in [0.15, 0.2) is 65.5 Å². The highest BCUT2D eigenvalue weighted by atomic mass is 35.5. The van der Waals surface area contributed by atoms with Gasteiger partial charge in [-0.25, -0.2) is 0 Å². The van der Waals surface area contributed by atoms with Crippen molar-refractivity contribution in [2.24, 2.45) is 16.7 Å². The van der Waals surface area contributed by atoms with Crippen molar-refractivity contribution in [2.45, 2.75) is 78.0 Å². The third kappa shape index (κ3) is 9.14. The van der Waals surface area contributed by atoms with Gasteiger partial charge in [-0.3, -0.25) is 34.2 Å². The Bertz CT molecular complexity index is 2520. The van der Waals surface area contributed by atoms with Gasteiger partial charge in [0.15, 0.2) is 6.61 Å². The van der Waals surface area contributed by atoms with Gasteiger partial charge in [0.05, 0.1) is 16.0 Å². The van der Waals surface area contributed by atoms with Gasteiger partial charge in [0.25, 0.3) is 23.3 Å². The number of benzene rings is 3. The Morgan fingerprint density at radius 1 is 0.906 bits per heavy atom. The number of likely N-dealkylation sites (tertiary alicyclic amines) is 1. The lowest BCUT2D eigenvalue weighted by Crippen LogP contribution is -2.74. The van der Waals surface area contributed by atoms with Gasteiger partial charge in [-0.05, 0) is 92.7 Å². The first-order valence-corrected chi connectivity index (χ1v) is 22.4. The number of carbonyl (C=O) groups excluding carboxylic acids is 4. The third-order valence-corrected chi connectivity index (χ3v) is 14.0. The number of imide groups is 1. The quantitative estimate of drug-likeness (QED) is 0.186. The summed E-state index contributed by atoms with van der Waals surface area (Å²) in [6.07, 6.45) is 3.01. The van der Waals surface area contributed by atoms with Crippen LogP contribution in [0.5, 0.6) is 11.5 Å². The maximum absolute atomic E-state index is 13.5. The molecule has 4 aromatic rings. The first-order valence-electron chi connectivity index (χ1n) is 22.0. The van der Waals surface area contributed by atoms with Crippen molar-refractivity contribution < 1.29 is 28.7 Å². The van der Waals surface area contributed by atoms with E-state index in [2.05, 4.69) is 64.5 Å². The molecule has 1 aromatic heterocycles. The molecule has 8 rings (SSSR count). The molecule has 64 heavy (non-hydrogen) atoms. The smallest absolute Gasteiger partial charge is 0.278 e. The number of nitriles is 1. The first-order chi connectivity index (χ1) is 30.6. The lowest BCUT2D eigenvalue weighted by molar-refractivity contribution is -0.164. The van der Waals surface area contributed by atoms with E-state index in [0.29, 0.717) is 52.2 Å². The fraction of sp³-hybridized carbons (Fsp3) is 0.489. The van der Waals surface area contributed by atoms with Crippen molar-refractivity contribution in [1.29, 1.82) is 5.26 Å². The number of ether oxygens (including phenoxy) is 2. The maximum Gasteiger partial charge on any atom is 0.278 e. The molecule has 0 radical (unpaired) electrons. The summed E-state index contributed by atoms with van der Waals surface area (Å²) in [7, 11) is 0. The third-order valence-electron chi connectivity index (χ3n) is 13.6. The molecule has 4 aliphatic rings. The van der Waals surface area contributed by atoms with Crippen molar-refractivity contribution in [3.63, 3.8) is 0 Å². The molecule has 1 atom stereocenters. The second-order valence-corrected chi connectivity index (χ2v) is 19.0. The summed E-state index contributed by atoms with van der Waals surface area (Å²) in [5, 5.41) is 23.3. The summed E-state index contributed by atoms with van der Waals surface area (Å²) in [6, 6.07) is 18.7. The topological polar surface area (TPSA) is 192 Å². The summed E-state index contributed by atoms with van der Waals surface area (Å²) >= 11 is 6.25. The van der Waals surface area contributed by atoms with E-state index in [9.17, 15) is 29.2 Å². The molecule has 0 bridgehead atoms. The number of anilines is 1. The number of hydrogen-bond donors (Lipinski definition) is 2. The average Bonchev–Trinajstić information content (AvgIpc) is 3.29.